The van der Waals surface area contributed by atoms with Gasteiger partial charge in [0.15, 0.2) is 0 Å². The van der Waals surface area contributed by atoms with Crippen molar-refractivity contribution < 1.29 is 4.92 Å². The van der Waals surface area contributed by atoms with Crippen LogP contribution in [-0.4, -0.2) is 21.4 Å². The Kier molecular flexibility index (Phi) is 2.88. The number of fused-ring (bicyclic) bond motifs is 1. The van der Waals surface area contributed by atoms with Gasteiger partial charge in [-0.1, -0.05) is 13.8 Å². The largest absolute Gasteiger partial charge is 0.355 e. The highest BCUT2D eigenvalue weighted by Gasteiger charge is 2.45. The maximum absolute atomic E-state index is 10.7. The van der Waals surface area contributed by atoms with Crippen LogP contribution in [-0.2, 0) is 0 Å². The summed E-state index contributed by atoms with van der Waals surface area (Å²) in [6.07, 6.45) is 2.51. The molecule has 1 aromatic carbocycles. The van der Waals surface area contributed by atoms with Crippen LogP contribution in [0.25, 0.3) is 11.0 Å². The van der Waals surface area contributed by atoms with Gasteiger partial charge in [0.05, 0.1) is 16.0 Å². The lowest BCUT2D eigenvalue weighted by Gasteiger charge is -2.19. The number of aromatic nitrogens is 2. The molecule has 0 saturated heterocycles. The van der Waals surface area contributed by atoms with Gasteiger partial charge in [-0.05, 0) is 30.2 Å². The predicted octanol–water partition coefficient (Wildman–Crippen LogP) is 3.32. The molecule has 3 rings (SSSR count). The molecular formula is C14H18N4O2. The van der Waals surface area contributed by atoms with Crippen LogP contribution < -0.4 is 5.32 Å². The number of rotatable bonds is 5. The molecule has 1 aromatic heterocycles. The Morgan fingerprint density at radius 1 is 1.50 bits per heavy atom. The maximum atomic E-state index is 10.7. The molecule has 0 aliphatic heterocycles. The summed E-state index contributed by atoms with van der Waals surface area (Å²) in [6.45, 7) is 5.39. The first-order valence-electron chi connectivity index (χ1n) is 6.88. The van der Waals surface area contributed by atoms with Crippen molar-refractivity contribution >= 4 is 22.7 Å². The zero-order chi connectivity index (χ0) is 14.3. The minimum Gasteiger partial charge on any atom is -0.355 e. The van der Waals surface area contributed by atoms with E-state index < -0.39 is 4.92 Å². The second-order valence-corrected chi connectivity index (χ2v) is 5.91. The van der Waals surface area contributed by atoms with Crippen LogP contribution in [0.5, 0.6) is 0 Å². The first kappa shape index (κ1) is 12.9. The van der Waals surface area contributed by atoms with E-state index in [4.69, 9.17) is 0 Å². The molecule has 1 saturated carbocycles. The Balaban J connectivity index is 1.78. The van der Waals surface area contributed by atoms with Crippen LogP contribution in [0.3, 0.4) is 0 Å². The van der Waals surface area contributed by atoms with E-state index in [1.165, 1.54) is 25.0 Å². The van der Waals surface area contributed by atoms with Crippen molar-refractivity contribution in [3.8, 4) is 0 Å². The van der Waals surface area contributed by atoms with Crippen LogP contribution in [0.4, 0.5) is 11.6 Å². The van der Waals surface area contributed by atoms with Crippen molar-refractivity contribution in [3.63, 3.8) is 0 Å². The lowest BCUT2D eigenvalue weighted by Crippen LogP contribution is -2.21. The molecule has 1 fully saturated rings. The number of nitro benzene ring substituents is 1. The molecule has 1 heterocycles. The number of aromatic amines is 1. The van der Waals surface area contributed by atoms with Crippen LogP contribution in [0.1, 0.15) is 26.7 Å². The summed E-state index contributed by atoms with van der Waals surface area (Å²) >= 11 is 0. The number of benzene rings is 1. The van der Waals surface area contributed by atoms with E-state index in [9.17, 15) is 10.1 Å². The average Bonchev–Trinajstić information content (AvgIpc) is 3.09. The van der Waals surface area contributed by atoms with Crippen LogP contribution in [0.2, 0.25) is 0 Å². The van der Waals surface area contributed by atoms with Crippen LogP contribution in [0.15, 0.2) is 18.2 Å². The molecule has 6 heteroatoms. The minimum atomic E-state index is -0.397. The molecule has 0 bridgehead atoms. The SMILES string of the molecule is CC(C)C1(CNc2nc3ccc([N+](=O)[O-])cc3[nH]2)CC1. The van der Waals surface area contributed by atoms with E-state index in [1.807, 2.05) is 0 Å². The molecule has 6 nitrogen and oxygen atoms in total. The Hall–Kier alpha value is -2.11. The van der Waals surface area contributed by atoms with Gasteiger partial charge in [0, 0.05) is 18.7 Å². The summed E-state index contributed by atoms with van der Waals surface area (Å²) < 4.78 is 0. The molecule has 0 spiro atoms. The van der Waals surface area contributed by atoms with Crippen molar-refractivity contribution in [2.24, 2.45) is 11.3 Å². The van der Waals surface area contributed by atoms with Crippen LogP contribution >= 0.6 is 0 Å². The number of hydrogen-bond acceptors (Lipinski definition) is 4. The second kappa shape index (κ2) is 4.47. The second-order valence-electron chi connectivity index (χ2n) is 5.91. The van der Waals surface area contributed by atoms with E-state index in [2.05, 4.69) is 29.1 Å². The smallest absolute Gasteiger partial charge is 0.271 e. The third kappa shape index (κ3) is 2.21. The minimum absolute atomic E-state index is 0.0774. The Bertz CT molecular complexity index is 658. The van der Waals surface area contributed by atoms with E-state index in [0.29, 0.717) is 22.8 Å². The van der Waals surface area contributed by atoms with Gasteiger partial charge in [-0.25, -0.2) is 4.98 Å². The van der Waals surface area contributed by atoms with Gasteiger partial charge < -0.3 is 10.3 Å². The quantitative estimate of drug-likeness (QED) is 0.647. The molecule has 106 valence electrons. The molecule has 0 atom stereocenters. The van der Waals surface area contributed by atoms with E-state index >= 15 is 0 Å². The lowest BCUT2D eigenvalue weighted by molar-refractivity contribution is -0.384. The molecule has 20 heavy (non-hydrogen) atoms. The fourth-order valence-electron chi connectivity index (χ4n) is 2.57. The fraction of sp³-hybridized carbons (Fsp3) is 0.500. The lowest BCUT2D eigenvalue weighted by atomic mass is 9.92. The van der Waals surface area contributed by atoms with Crippen molar-refractivity contribution in [1.29, 1.82) is 0 Å². The van der Waals surface area contributed by atoms with Gasteiger partial charge in [0.25, 0.3) is 5.69 Å². The number of nitro groups is 1. The van der Waals surface area contributed by atoms with Gasteiger partial charge in [-0.2, -0.15) is 0 Å². The maximum Gasteiger partial charge on any atom is 0.271 e. The van der Waals surface area contributed by atoms with Gasteiger partial charge >= 0.3 is 0 Å². The molecule has 0 amide bonds. The molecule has 0 radical (unpaired) electrons. The number of anilines is 1. The molecule has 1 aliphatic rings. The number of imidazole rings is 1. The molecule has 2 N–H and O–H groups in total. The van der Waals surface area contributed by atoms with Crippen molar-refractivity contribution in [2.45, 2.75) is 26.7 Å². The monoisotopic (exact) mass is 274 g/mol. The highest BCUT2D eigenvalue weighted by atomic mass is 16.6. The van der Waals surface area contributed by atoms with Gasteiger partial charge in [-0.3, -0.25) is 10.1 Å². The summed E-state index contributed by atoms with van der Waals surface area (Å²) in [5.74, 6) is 1.34. The molecule has 2 aromatic rings. The van der Waals surface area contributed by atoms with Gasteiger partial charge in [-0.15, -0.1) is 0 Å². The Morgan fingerprint density at radius 2 is 2.25 bits per heavy atom. The average molecular weight is 274 g/mol. The Labute approximate surface area is 116 Å². The normalized spacial score (nSPS) is 16.6. The topological polar surface area (TPSA) is 83.8 Å². The first-order valence-corrected chi connectivity index (χ1v) is 6.88. The van der Waals surface area contributed by atoms with E-state index in [1.54, 1.807) is 6.07 Å². The summed E-state index contributed by atoms with van der Waals surface area (Å²) in [6, 6.07) is 4.66. The summed E-state index contributed by atoms with van der Waals surface area (Å²) in [7, 11) is 0. The number of H-pyrrole nitrogens is 1. The predicted molar refractivity (Wildman–Crippen MR) is 77.7 cm³/mol. The van der Waals surface area contributed by atoms with E-state index in [0.717, 1.165) is 12.1 Å². The van der Waals surface area contributed by atoms with Gasteiger partial charge in [0.1, 0.15) is 0 Å². The molecule has 0 unspecified atom stereocenters. The highest BCUT2D eigenvalue weighted by Crippen LogP contribution is 2.51. The first-order chi connectivity index (χ1) is 9.50. The molecular weight excluding hydrogens is 256 g/mol. The number of non-ortho nitro benzene ring substituents is 1. The van der Waals surface area contributed by atoms with Crippen molar-refractivity contribution in [1.82, 2.24) is 9.97 Å². The third-order valence-corrected chi connectivity index (χ3v) is 4.40. The number of nitrogens with one attached hydrogen (secondary N) is 2. The fourth-order valence-corrected chi connectivity index (χ4v) is 2.57. The molecule has 1 aliphatic carbocycles. The Morgan fingerprint density at radius 3 is 2.85 bits per heavy atom. The van der Waals surface area contributed by atoms with Crippen LogP contribution in [0, 0.1) is 21.4 Å². The summed E-state index contributed by atoms with van der Waals surface area (Å²) in [4.78, 5) is 17.9. The third-order valence-electron chi connectivity index (χ3n) is 4.40. The summed E-state index contributed by atoms with van der Waals surface area (Å²) in [5.41, 5.74) is 1.91. The van der Waals surface area contributed by atoms with Crippen molar-refractivity contribution in [3.05, 3.63) is 28.3 Å². The van der Waals surface area contributed by atoms with Gasteiger partial charge in [0.2, 0.25) is 5.95 Å². The van der Waals surface area contributed by atoms with Crippen molar-refractivity contribution in [2.75, 3.05) is 11.9 Å². The zero-order valence-electron chi connectivity index (χ0n) is 11.6. The summed E-state index contributed by atoms with van der Waals surface area (Å²) in [5, 5.41) is 14.1. The number of nitrogens with zero attached hydrogens (tertiary/aromatic N) is 2. The highest BCUT2D eigenvalue weighted by molar-refractivity contribution is 5.79. The number of hydrogen-bond donors (Lipinski definition) is 2. The zero-order valence-corrected chi connectivity index (χ0v) is 11.6. The van der Waals surface area contributed by atoms with E-state index in [-0.39, 0.29) is 5.69 Å². The standard InChI is InChI=1S/C14H18N4O2/c1-9(2)14(5-6-14)8-15-13-16-11-4-3-10(18(19)20)7-12(11)17-13/h3-4,7,9H,5-6,8H2,1-2H3,(H2,15,16,17).